The second kappa shape index (κ2) is 6.53. The molecule has 2 aliphatic heterocycles. The summed E-state index contributed by atoms with van der Waals surface area (Å²) >= 11 is 0. The third-order valence-corrected chi connectivity index (χ3v) is 4.74. The Morgan fingerprint density at radius 1 is 0.947 bits per heavy atom. The number of hydrogen-bond acceptors (Lipinski definition) is 4. The first-order valence-electron chi connectivity index (χ1n) is 7.75. The molecular formula is C15H31N3O. The zero-order chi connectivity index (χ0) is 14.0. The summed E-state index contributed by atoms with van der Waals surface area (Å²) < 4.78 is 5.45. The van der Waals surface area contributed by atoms with Crippen molar-refractivity contribution < 1.29 is 4.74 Å². The molecule has 2 rings (SSSR count). The zero-order valence-electron chi connectivity index (χ0n) is 13.3. The summed E-state index contributed by atoms with van der Waals surface area (Å²) in [4.78, 5) is 7.84. The predicted molar refractivity (Wildman–Crippen MR) is 79.6 cm³/mol. The van der Waals surface area contributed by atoms with Crippen molar-refractivity contribution in [2.45, 2.75) is 51.9 Å². The number of piperazine rings is 1. The molecule has 0 radical (unpaired) electrons. The van der Waals surface area contributed by atoms with Crippen LogP contribution in [0, 0.1) is 0 Å². The van der Waals surface area contributed by atoms with E-state index in [1.165, 1.54) is 26.2 Å². The molecule has 4 heteroatoms. The number of methoxy groups -OCH3 is 1. The Labute approximate surface area is 118 Å². The number of hydrogen-bond donors (Lipinski definition) is 0. The van der Waals surface area contributed by atoms with E-state index in [2.05, 4.69) is 42.4 Å². The van der Waals surface area contributed by atoms with Gasteiger partial charge in [-0.1, -0.05) is 0 Å². The topological polar surface area (TPSA) is 19.0 Å². The molecular weight excluding hydrogens is 238 g/mol. The second-order valence-electron chi connectivity index (χ2n) is 6.64. The molecule has 2 aliphatic rings. The van der Waals surface area contributed by atoms with Gasteiger partial charge in [0, 0.05) is 64.0 Å². The summed E-state index contributed by atoms with van der Waals surface area (Å²) in [5.74, 6) is 0. The molecule has 0 unspecified atom stereocenters. The van der Waals surface area contributed by atoms with Gasteiger partial charge in [0.2, 0.25) is 0 Å². The van der Waals surface area contributed by atoms with E-state index in [0.29, 0.717) is 18.1 Å². The van der Waals surface area contributed by atoms with Crippen LogP contribution in [0.15, 0.2) is 0 Å². The van der Waals surface area contributed by atoms with Crippen LogP contribution in [0.1, 0.15) is 27.7 Å². The Hall–Kier alpha value is -0.160. The van der Waals surface area contributed by atoms with Crippen LogP contribution < -0.4 is 0 Å². The Kier molecular flexibility index (Phi) is 5.23. The lowest BCUT2D eigenvalue weighted by Crippen LogP contribution is -2.68. The van der Waals surface area contributed by atoms with E-state index < -0.39 is 0 Å². The van der Waals surface area contributed by atoms with Gasteiger partial charge in [-0.3, -0.25) is 14.7 Å². The average molecular weight is 269 g/mol. The van der Waals surface area contributed by atoms with Gasteiger partial charge in [0.05, 0.1) is 6.61 Å². The highest BCUT2D eigenvalue weighted by molar-refractivity contribution is 4.95. The minimum Gasteiger partial charge on any atom is -0.383 e. The molecule has 1 atom stereocenters. The molecule has 2 heterocycles. The molecule has 112 valence electrons. The number of nitrogens with zero attached hydrogens (tertiary/aromatic N) is 3. The van der Waals surface area contributed by atoms with Crippen molar-refractivity contribution in [1.82, 2.24) is 14.7 Å². The lowest BCUT2D eigenvalue weighted by atomic mass is 10.0. The minimum atomic E-state index is 0.570. The average Bonchev–Trinajstić information content (AvgIpc) is 2.28. The van der Waals surface area contributed by atoms with Gasteiger partial charge in [-0.15, -0.1) is 0 Å². The van der Waals surface area contributed by atoms with Crippen molar-refractivity contribution in [1.29, 1.82) is 0 Å². The SMILES string of the molecule is COC[C@H]1CN(C(C)C)CCN1C1CN(C(C)C)C1. The van der Waals surface area contributed by atoms with E-state index in [1.807, 2.05) is 7.11 Å². The largest absolute Gasteiger partial charge is 0.383 e. The highest BCUT2D eigenvalue weighted by Crippen LogP contribution is 2.23. The van der Waals surface area contributed by atoms with Crippen LogP contribution in [-0.4, -0.2) is 85.3 Å². The van der Waals surface area contributed by atoms with E-state index >= 15 is 0 Å². The number of rotatable bonds is 5. The van der Waals surface area contributed by atoms with Crippen LogP contribution in [0.25, 0.3) is 0 Å². The number of likely N-dealkylation sites (tertiary alicyclic amines) is 1. The molecule has 2 saturated heterocycles. The summed E-state index contributed by atoms with van der Waals surface area (Å²) in [5, 5.41) is 0. The Balaban J connectivity index is 1.89. The molecule has 0 spiro atoms. The summed E-state index contributed by atoms with van der Waals surface area (Å²) in [7, 11) is 1.83. The van der Waals surface area contributed by atoms with E-state index in [-0.39, 0.29) is 0 Å². The smallest absolute Gasteiger partial charge is 0.0630 e. The van der Waals surface area contributed by atoms with E-state index in [9.17, 15) is 0 Å². The van der Waals surface area contributed by atoms with Gasteiger partial charge in [0.25, 0.3) is 0 Å². The fourth-order valence-corrected chi connectivity index (χ4v) is 3.30. The third-order valence-electron chi connectivity index (χ3n) is 4.74. The molecule has 0 aromatic heterocycles. The predicted octanol–water partition coefficient (Wildman–Crippen LogP) is 1.12. The van der Waals surface area contributed by atoms with Crippen LogP contribution in [0.5, 0.6) is 0 Å². The first kappa shape index (κ1) is 15.2. The molecule has 0 saturated carbocycles. The Bertz CT molecular complexity index is 277. The Morgan fingerprint density at radius 2 is 1.58 bits per heavy atom. The van der Waals surface area contributed by atoms with Crippen LogP contribution in [-0.2, 0) is 4.74 Å². The molecule has 4 nitrogen and oxygen atoms in total. The van der Waals surface area contributed by atoms with Crippen LogP contribution in [0.3, 0.4) is 0 Å². The quantitative estimate of drug-likeness (QED) is 0.744. The van der Waals surface area contributed by atoms with Gasteiger partial charge < -0.3 is 4.74 Å². The van der Waals surface area contributed by atoms with Crippen LogP contribution in [0.4, 0.5) is 0 Å². The maximum Gasteiger partial charge on any atom is 0.0630 e. The van der Waals surface area contributed by atoms with E-state index in [4.69, 9.17) is 4.74 Å². The van der Waals surface area contributed by atoms with Crippen molar-refractivity contribution >= 4 is 0 Å². The molecule has 19 heavy (non-hydrogen) atoms. The molecule has 0 N–H and O–H groups in total. The summed E-state index contributed by atoms with van der Waals surface area (Å²) in [5.41, 5.74) is 0. The molecule has 0 aromatic carbocycles. The lowest BCUT2D eigenvalue weighted by molar-refractivity contribution is -0.0619. The van der Waals surface area contributed by atoms with Gasteiger partial charge in [0.15, 0.2) is 0 Å². The fourth-order valence-electron chi connectivity index (χ4n) is 3.30. The summed E-state index contributed by atoms with van der Waals surface area (Å²) in [6.45, 7) is 16.1. The highest BCUT2D eigenvalue weighted by atomic mass is 16.5. The van der Waals surface area contributed by atoms with E-state index in [0.717, 1.165) is 19.2 Å². The standard InChI is InChI=1S/C15H31N3O/c1-12(2)16-6-7-18(15(10-16)11-19-5)14-8-17(9-14)13(3)4/h12-15H,6-11H2,1-5H3/t15-/m1/s1. The van der Waals surface area contributed by atoms with Gasteiger partial charge >= 0.3 is 0 Å². The first-order chi connectivity index (χ1) is 9.02. The monoisotopic (exact) mass is 269 g/mol. The third kappa shape index (κ3) is 3.48. The molecule has 0 aliphatic carbocycles. The van der Waals surface area contributed by atoms with E-state index in [1.54, 1.807) is 0 Å². The summed E-state index contributed by atoms with van der Waals surface area (Å²) in [6.07, 6.45) is 0. The fraction of sp³-hybridized carbons (Fsp3) is 1.00. The van der Waals surface area contributed by atoms with Crippen molar-refractivity contribution in [2.24, 2.45) is 0 Å². The normalized spacial score (nSPS) is 28.3. The highest BCUT2D eigenvalue weighted by Gasteiger charge is 2.39. The Morgan fingerprint density at radius 3 is 2.11 bits per heavy atom. The maximum atomic E-state index is 5.45. The second-order valence-corrected chi connectivity index (χ2v) is 6.64. The van der Waals surface area contributed by atoms with Crippen molar-refractivity contribution in [3.63, 3.8) is 0 Å². The number of ether oxygens (including phenoxy) is 1. The van der Waals surface area contributed by atoms with Crippen LogP contribution >= 0.6 is 0 Å². The van der Waals surface area contributed by atoms with Crippen molar-refractivity contribution in [3.8, 4) is 0 Å². The van der Waals surface area contributed by atoms with Gasteiger partial charge in [-0.2, -0.15) is 0 Å². The molecule has 0 aromatic rings. The van der Waals surface area contributed by atoms with Crippen molar-refractivity contribution in [2.75, 3.05) is 46.4 Å². The van der Waals surface area contributed by atoms with Gasteiger partial charge in [-0.25, -0.2) is 0 Å². The lowest BCUT2D eigenvalue weighted by Gasteiger charge is -2.53. The van der Waals surface area contributed by atoms with Crippen LogP contribution in [0.2, 0.25) is 0 Å². The minimum absolute atomic E-state index is 0.570. The maximum absolute atomic E-state index is 5.45. The van der Waals surface area contributed by atoms with Crippen molar-refractivity contribution in [3.05, 3.63) is 0 Å². The van der Waals surface area contributed by atoms with Gasteiger partial charge in [0.1, 0.15) is 0 Å². The molecule has 2 fully saturated rings. The zero-order valence-corrected chi connectivity index (χ0v) is 13.3. The van der Waals surface area contributed by atoms with Gasteiger partial charge in [-0.05, 0) is 27.7 Å². The molecule has 0 amide bonds. The summed E-state index contributed by atoms with van der Waals surface area (Å²) in [6, 6.07) is 2.65. The molecule has 0 bridgehead atoms. The first-order valence-corrected chi connectivity index (χ1v) is 7.75.